The van der Waals surface area contributed by atoms with Crippen LogP contribution in [0.1, 0.15) is 40.2 Å². The van der Waals surface area contributed by atoms with Crippen molar-refractivity contribution in [2.75, 3.05) is 18.1 Å². The highest BCUT2D eigenvalue weighted by Gasteiger charge is 2.22. The van der Waals surface area contributed by atoms with Crippen molar-refractivity contribution in [3.63, 3.8) is 0 Å². The van der Waals surface area contributed by atoms with Gasteiger partial charge < -0.3 is 9.64 Å². The van der Waals surface area contributed by atoms with Crippen molar-refractivity contribution >= 4 is 5.69 Å². The summed E-state index contributed by atoms with van der Waals surface area (Å²) >= 11 is 0. The molecule has 19 heavy (non-hydrogen) atoms. The first-order valence-corrected chi connectivity index (χ1v) is 6.94. The maximum Gasteiger partial charge on any atom is 0.158 e. The molecule has 0 saturated heterocycles. The normalized spacial score (nSPS) is 14.5. The van der Waals surface area contributed by atoms with E-state index in [0.717, 1.165) is 24.5 Å². The number of rotatable bonds is 1. The second kappa shape index (κ2) is 5.17. The van der Waals surface area contributed by atoms with Gasteiger partial charge in [0, 0.05) is 11.5 Å². The highest BCUT2D eigenvalue weighted by molar-refractivity contribution is 5.67. The zero-order valence-electron chi connectivity index (χ0n) is 12.6. The molecule has 0 radical (unpaired) electrons. The Morgan fingerprint density at radius 1 is 1.26 bits per heavy atom. The predicted octanol–water partition coefficient (Wildman–Crippen LogP) is 3.69. The number of hydrogen-bond acceptors (Lipinski definition) is 2. The monoisotopic (exact) mass is 257 g/mol. The first kappa shape index (κ1) is 13.8. The number of anilines is 1. The van der Waals surface area contributed by atoms with Gasteiger partial charge in [-0.1, -0.05) is 17.9 Å². The Labute approximate surface area is 116 Å². The lowest BCUT2D eigenvalue weighted by Crippen LogP contribution is -2.38. The molecule has 2 rings (SSSR count). The van der Waals surface area contributed by atoms with Crippen LogP contribution in [0, 0.1) is 17.3 Å². The van der Waals surface area contributed by atoms with Gasteiger partial charge in [-0.3, -0.25) is 0 Å². The first-order valence-electron chi connectivity index (χ1n) is 6.94. The Bertz CT molecular complexity index is 514. The van der Waals surface area contributed by atoms with E-state index in [2.05, 4.69) is 63.5 Å². The third-order valence-corrected chi connectivity index (χ3v) is 3.08. The van der Waals surface area contributed by atoms with E-state index >= 15 is 0 Å². The van der Waals surface area contributed by atoms with Gasteiger partial charge in [-0.25, -0.2) is 0 Å². The Kier molecular flexibility index (Phi) is 3.75. The van der Waals surface area contributed by atoms with Gasteiger partial charge in [-0.15, -0.1) is 0 Å². The molecule has 0 bridgehead atoms. The molecule has 102 valence electrons. The van der Waals surface area contributed by atoms with Crippen molar-refractivity contribution in [1.82, 2.24) is 0 Å². The summed E-state index contributed by atoms with van der Waals surface area (Å²) in [5.41, 5.74) is 2.18. The first-order chi connectivity index (χ1) is 8.88. The topological polar surface area (TPSA) is 12.5 Å². The van der Waals surface area contributed by atoms with Gasteiger partial charge in [0.05, 0.1) is 17.8 Å². The van der Waals surface area contributed by atoms with Crippen LogP contribution in [0.4, 0.5) is 5.69 Å². The van der Waals surface area contributed by atoms with Crippen molar-refractivity contribution in [1.29, 1.82) is 0 Å². The molecule has 1 aromatic carbocycles. The van der Waals surface area contributed by atoms with Crippen molar-refractivity contribution in [2.45, 2.75) is 40.7 Å². The summed E-state index contributed by atoms with van der Waals surface area (Å²) in [6, 6.07) is 6.71. The molecule has 2 nitrogen and oxygen atoms in total. The van der Waals surface area contributed by atoms with Gasteiger partial charge in [0.2, 0.25) is 0 Å². The van der Waals surface area contributed by atoms with Gasteiger partial charge >= 0.3 is 0 Å². The fourth-order valence-electron chi connectivity index (χ4n) is 2.16. The fraction of sp³-hybridized carbons (Fsp3) is 0.529. The van der Waals surface area contributed by atoms with Crippen LogP contribution in [-0.4, -0.2) is 19.2 Å². The van der Waals surface area contributed by atoms with E-state index in [1.807, 2.05) is 6.07 Å². The SMILES string of the molecule is CC(C)N1CCOc2c(C#CC(C)(C)C)cccc21. The molecular weight excluding hydrogens is 234 g/mol. The number of fused-ring (bicyclic) bond motifs is 1. The molecule has 1 heterocycles. The van der Waals surface area contributed by atoms with Crippen LogP contribution in [0.2, 0.25) is 0 Å². The third-order valence-electron chi connectivity index (χ3n) is 3.08. The van der Waals surface area contributed by atoms with E-state index in [1.54, 1.807) is 0 Å². The molecule has 1 aliphatic rings. The summed E-state index contributed by atoms with van der Waals surface area (Å²) in [7, 11) is 0. The Morgan fingerprint density at radius 3 is 2.63 bits per heavy atom. The second-order valence-electron chi connectivity index (χ2n) is 6.29. The largest absolute Gasteiger partial charge is 0.488 e. The molecule has 0 saturated carbocycles. The van der Waals surface area contributed by atoms with Crippen LogP contribution in [0.3, 0.4) is 0 Å². The molecular formula is C17H23NO. The quantitative estimate of drug-likeness (QED) is 0.711. The average Bonchev–Trinajstić information content (AvgIpc) is 2.34. The molecule has 0 fully saturated rings. The summed E-state index contributed by atoms with van der Waals surface area (Å²) in [5.74, 6) is 7.50. The van der Waals surface area contributed by atoms with Gasteiger partial charge in [-0.2, -0.15) is 0 Å². The number of ether oxygens (including phenoxy) is 1. The number of para-hydroxylation sites is 1. The summed E-state index contributed by atoms with van der Waals surface area (Å²) < 4.78 is 5.86. The van der Waals surface area contributed by atoms with E-state index in [9.17, 15) is 0 Å². The smallest absolute Gasteiger partial charge is 0.158 e. The molecule has 0 spiro atoms. The van der Waals surface area contributed by atoms with Crippen molar-refractivity contribution in [3.8, 4) is 17.6 Å². The highest BCUT2D eigenvalue weighted by Crippen LogP contribution is 2.35. The van der Waals surface area contributed by atoms with Crippen molar-refractivity contribution in [3.05, 3.63) is 23.8 Å². The van der Waals surface area contributed by atoms with E-state index in [0.29, 0.717) is 6.04 Å². The Balaban J connectivity index is 2.43. The Hall–Kier alpha value is -1.62. The lowest BCUT2D eigenvalue weighted by molar-refractivity contribution is 0.302. The molecule has 1 aromatic rings. The summed E-state index contributed by atoms with van der Waals surface area (Å²) in [6.45, 7) is 12.5. The second-order valence-corrected chi connectivity index (χ2v) is 6.29. The minimum atomic E-state index is 0.00905. The van der Waals surface area contributed by atoms with Crippen LogP contribution < -0.4 is 9.64 Å². The van der Waals surface area contributed by atoms with E-state index in [4.69, 9.17) is 4.74 Å². The van der Waals surface area contributed by atoms with Crippen LogP contribution in [-0.2, 0) is 0 Å². The molecule has 0 amide bonds. The van der Waals surface area contributed by atoms with E-state index < -0.39 is 0 Å². The molecule has 0 aromatic heterocycles. The van der Waals surface area contributed by atoms with E-state index in [1.165, 1.54) is 5.69 Å². The van der Waals surface area contributed by atoms with Crippen LogP contribution in [0.15, 0.2) is 18.2 Å². The molecule has 0 atom stereocenters. The maximum absolute atomic E-state index is 5.86. The summed E-state index contributed by atoms with van der Waals surface area (Å²) in [6.07, 6.45) is 0. The predicted molar refractivity (Wildman–Crippen MR) is 80.8 cm³/mol. The number of nitrogens with zero attached hydrogens (tertiary/aromatic N) is 1. The van der Waals surface area contributed by atoms with Crippen LogP contribution >= 0.6 is 0 Å². The minimum Gasteiger partial charge on any atom is -0.488 e. The van der Waals surface area contributed by atoms with Crippen molar-refractivity contribution < 1.29 is 4.74 Å². The minimum absolute atomic E-state index is 0.00905. The molecule has 0 aliphatic carbocycles. The summed E-state index contributed by atoms with van der Waals surface area (Å²) in [4.78, 5) is 2.38. The van der Waals surface area contributed by atoms with Crippen LogP contribution in [0.5, 0.6) is 5.75 Å². The van der Waals surface area contributed by atoms with Crippen molar-refractivity contribution in [2.24, 2.45) is 5.41 Å². The maximum atomic E-state index is 5.86. The van der Waals surface area contributed by atoms with Crippen LogP contribution in [0.25, 0.3) is 0 Å². The molecule has 0 N–H and O–H groups in total. The fourth-order valence-corrected chi connectivity index (χ4v) is 2.16. The number of benzene rings is 1. The Morgan fingerprint density at radius 2 is 2.00 bits per heavy atom. The van der Waals surface area contributed by atoms with E-state index in [-0.39, 0.29) is 5.41 Å². The zero-order chi connectivity index (χ0) is 14.0. The van der Waals surface area contributed by atoms with Gasteiger partial charge in [0.25, 0.3) is 0 Å². The molecule has 2 heteroatoms. The van der Waals surface area contributed by atoms with Gasteiger partial charge in [-0.05, 0) is 46.8 Å². The average molecular weight is 257 g/mol. The number of hydrogen-bond donors (Lipinski definition) is 0. The molecule has 1 aliphatic heterocycles. The standard InChI is InChI=1S/C17H23NO/c1-13(2)18-11-12-19-16-14(7-6-8-15(16)18)9-10-17(3,4)5/h6-8,13H,11-12H2,1-5H3. The highest BCUT2D eigenvalue weighted by atomic mass is 16.5. The molecule has 0 unspecified atom stereocenters. The lowest BCUT2D eigenvalue weighted by atomic mass is 9.97. The summed E-state index contributed by atoms with van der Waals surface area (Å²) in [5, 5.41) is 0. The zero-order valence-corrected chi connectivity index (χ0v) is 12.6. The lowest BCUT2D eigenvalue weighted by Gasteiger charge is -2.34. The van der Waals surface area contributed by atoms with Gasteiger partial charge in [0.15, 0.2) is 5.75 Å². The van der Waals surface area contributed by atoms with Gasteiger partial charge in [0.1, 0.15) is 6.61 Å². The third kappa shape index (κ3) is 3.23.